The number of amides is 2. The van der Waals surface area contributed by atoms with E-state index in [9.17, 15) is 19.2 Å². The summed E-state index contributed by atoms with van der Waals surface area (Å²) in [4.78, 5) is 56.4. The van der Waals surface area contributed by atoms with Crippen LogP contribution in [0.25, 0.3) is 0 Å². The predicted molar refractivity (Wildman–Crippen MR) is 130 cm³/mol. The van der Waals surface area contributed by atoms with Crippen LogP contribution in [0.5, 0.6) is 5.75 Å². The zero-order valence-electron chi connectivity index (χ0n) is 19.1. The van der Waals surface area contributed by atoms with Crippen molar-refractivity contribution in [2.45, 2.75) is 18.6 Å². The second-order valence-corrected chi connectivity index (χ2v) is 9.35. The number of benzene rings is 3. The number of rotatable bonds is 4. The van der Waals surface area contributed by atoms with Crippen molar-refractivity contribution in [3.63, 3.8) is 0 Å². The van der Waals surface area contributed by atoms with Gasteiger partial charge in [0.15, 0.2) is 0 Å². The fourth-order valence-electron chi connectivity index (χ4n) is 5.62. The Labute approximate surface area is 211 Å². The fourth-order valence-corrected chi connectivity index (χ4v) is 5.86. The molecule has 7 nitrogen and oxygen atoms in total. The van der Waals surface area contributed by atoms with Crippen LogP contribution in [-0.2, 0) is 14.3 Å². The molecule has 3 aromatic rings. The van der Waals surface area contributed by atoms with E-state index >= 15 is 0 Å². The van der Waals surface area contributed by atoms with Crippen LogP contribution in [-0.4, -0.2) is 35.6 Å². The highest BCUT2D eigenvalue weighted by molar-refractivity contribution is 6.37. The Morgan fingerprint density at radius 3 is 2.08 bits per heavy atom. The Hall–Kier alpha value is -3.81. The Morgan fingerprint density at radius 2 is 1.47 bits per heavy atom. The molecular formula is C28H20ClNO6. The zero-order chi connectivity index (χ0) is 25.2. The molecule has 2 fully saturated rings. The lowest BCUT2D eigenvalue weighted by molar-refractivity contribution is -0.127. The van der Waals surface area contributed by atoms with Crippen molar-refractivity contribution in [2.24, 2.45) is 11.8 Å². The standard InChI is InChI=1S/C28H20ClNO6/c1-2-35-16-13-11-15(12-14-16)30-26(33)21-22(27(30)34)28(36-23(21)19-9-5-6-10-20(19)29)24(31)17-7-3-4-8-18(17)25(28)32/h3-14,21-23H,2H2,1H3/t21-,22+,23-/m0/s1. The van der Waals surface area contributed by atoms with Gasteiger partial charge in [0.2, 0.25) is 29.0 Å². The third-order valence-electron chi connectivity index (χ3n) is 7.14. The van der Waals surface area contributed by atoms with Crippen LogP contribution in [0.2, 0.25) is 5.02 Å². The molecule has 36 heavy (non-hydrogen) atoms. The highest BCUT2D eigenvalue weighted by atomic mass is 35.5. The number of carbonyl (C=O) groups excluding carboxylic acids is 4. The van der Waals surface area contributed by atoms with E-state index in [4.69, 9.17) is 21.1 Å². The smallest absolute Gasteiger partial charge is 0.241 e. The lowest BCUT2D eigenvalue weighted by atomic mass is 9.77. The molecule has 0 N–H and O–H groups in total. The summed E-state index contributed by atoms with van der Waals surface area (Å²) in [5.41, 5.74) is -1.00. The molecule has 0 bridgehead atoms. The summed E-state index contributed by atoms with van der Waals surface area (Å²) < 4.78 is 11.7. The summed E-state index contributed by atoms with van der Waals surface area (Å²) in [5, 5.41) is 0.313. The van der Waals surface area contributed by atoms with Crippen molar-refractivity contribution in [3.05, 3.63) is 94.5 Å². The number of nitrogens with zero attached hydrogens (tertiary/aromatic N) is 1. The Balaban J connectivity index is 1.51. The van der Waals surface area contributed by atoms with E-state index in [1.165, 1.54) is 12.1 Å². The predicted octanol–water partition coefficient (Wildman–Crippen LogP) is 4.43. The van der Waals surface area contributed by atoms with Gasteiger partial charge in [-0.05, 0) is 37.3 Å². The quantitative estimate of drug-likeness (QED) is 0.388. The van der Waals surface area contributed by atoms with Crippen molar-refractivity contribution >= 4 is 40.7 Å². The normalized spacial score (nSPS) is 23.9. The number of hydrogen-bond acceptors (Lipinski definition) is 6. The number of ether oxygens (including phenoxy) is 2. The Kier molecular flexibility index (Phi) is 5.10. The van der Waals surface area contributed by atoms with E-state index in [0.29, 0.717) is 28.6 Å². The number of imide groups is 1. The minimum atomic E-state index is -2.13. The van der Waals surface area contributed by atoms with Gasteiger partial charge in [-0.15, -0.1) is 0 Å². The molecule has 2 saturated heterocycles. The van der Waals surface area contributed by atoms with E-state index in [1.54, 1.807) is 60.7 Å². The number of halogens is 1. The maximum atomic E-state index is 13.9. The first kappa shape index (κ1) is 22.6. The molecule has 1 spiro atoms. The maximum Gasteiger partial charge on any atom is 0.241 e. The van der Waals surface area contributed by atoms with Gasteiger partial charge < -0.3 is 9.47 Å². The van der Waals surface area contributed by atoms with Gasteiger partial charge in [0, 0.05) is 21.7 Å². The van der Waals surface area contributed by atoms with Gasteiger partial charge in [0.1, 0.15) is 5.75 Å². The summed E-state index contributed by atoms with van der Waals surface area (Å²) in [6.45, 7) is 2.32. The summed E-state index contributed by atoms with van der Waals surface area (Å²) in [7, 11) is 0. The molecule has 3 aromatic carbocycles. The van der Waals surface area contributed by atoms with Crippen LogP contribution in [0.1, 0.15) is 39.3 Å². The lowest BCUT2D eigenvalue weighted by Crippen LogP contribution is -2.51. The summed E-state index contributed by atoms with van der Waals surface area (Å²) in [5.74, 6) is -4.27. The van der Waals surface area contributed by atoms with Gasteiger partial charge in [0.05, 0.1) is 30.2 Å². The number of anilines is 1. The molecule has 0 radical (unpaired) electrons. The van der Waals surface area contributed by atoms with E-state index in [1.807, 2.05) is 6.92 Å². The fraction of sp³-hybridized carbons (Fsp3) is 0.214. The van der Waals surface area contributed by atoms with Crippen LogP contribution >= 0.6 is 11.6 Å². The molecule has 180 valence electrons. The maximum absolute atomic E-state index is 13.9. The molecule has 6 rings (SSSR count). The molecule has 2 aliphatic heterocycles. The number of hydrogen-bond donors (Lipinski definition) is 0. The van der Waals surface area contributed by atoms with Crippen LogP contribution in [0.3, 0.4) is 0 Å². The average Bonchev–Trinajstić information content (AvgIpc) is 3.45. The number of Topliss-reactive ketones (excluding diaryl/α,β-unsaturated/α-hetero) is 2. The minimum Gasteiger partial charge on any atom is -0.494 e. The topological polar surface area (TPSA) is 90.0 Å². The van der Waals surface area contributed by atoms with Gasteiger partial charge in [-0.25, -0.2) is 4.90 Å². The van der Waals surface area contributed by atoms with Crippen LogP contribution in [0, 0.1) is 11.8 Å². The lowest BCUT2D eigenvalue weighted by Gasteiger charge is -2.27. The zero-order valence-corrected chi connectivity index (χ0v) is 19.9. The molecule has 8 heteroatoms. The molecular weight excluding hydrogens is 482 g/mol. The first-order valence-corrected chi connectivity index (χ1v) is 12.0. The third-order valence-corrected chi connectivity index (χ3v) is 7.48. The monoisotopic (exact) mass is 501 g/mol. The molecule has 0 saturated carbocycles. The Morgan fingerprint density at radius 1 is 0.861 bits per heavy atom. The highest BCUT2D eigenvalue weighted by Crippen LogP contribution is 2.58. The van der Waals surface area contributed by atoms with Crippen molar-refractivity contribution in [1.29, 1.82) is 0 Å². The average molecular weight is 502 g/mol. The summed E-state index contributed by atoms with van der Waals surface area (Å²) in [6, 6.07) is 19.7. The molecule has 3 aliphatic rings. The third kappa shape index (κ3) is 2.90. The van der Waals surface area contributed by atoms with Gasteiger partial charge in [-0.1, -0.05) is 54.1 Å². The number of fused-ring (bicyclic) bond motifs is 3. The highest BCUT2D eigenvalue weighted by Gasteiger charge is 2.74. The van der Waals surface area contributed by atoms with Gasteiger partial charge >= 0.3 is 0 Å². The van der Waals surface area contributed by atoms with Crippen LogP contribution in [0.4, 0.5) is 5.69 Å². The van der Waals surface area contributed by atoms with Crippen LogP contribution < -0.4 is 9.64 Å². The molecule has 2 heterocycles. The Bertz CT molecular complexity index is 1410. The van der Waals surface area contributed by atoms with Crippen LogP contribution in [0.15, 0.2) is 72.8 Å². The van der Waals surface area contributed by atoms with Crippen molar-refractivity contribution in [3.8, 4) is 5.75 Å². The van der Waals surface area contributed by atoms with E-state index < -0.39 is 46.9 Å². The van der Waals surface area contributed by atoms with E-state index in [0.717, 1.165) is 4.90 Å². The molecule has 3 atom stereocenters. The molecule has 0 unspecified atom stereocenters. The SMILES string of the molecule is CCOc1ccc(N2C(=O)[C@@H]3[C@H](c4ccccc4Cl)OC4(C(=O)c5ccccc5C4=O)[C@H]3C2=O)cc1. The number of ketones is 2. The first-order chi connectivity index (χ1) is 17.4. The molecule has 0 aromatic heterocycles. The number of carbonyl (C=O) groups is 4. The largest absolute Gasteiger partial charge is 0.494 e. The first-order valence-electron chi connectivity index (χ1n) is 11.6. The van der Waals surface area contributed by atoms with Gasteiger partial charge in [-0.2, -0.15) is 0 Å². The summed E-state index contributed by atoms with van der Waals surface area (Å²) in [6.07, 6.45) is -1.06. The van der Waals surface area contributed by atoms with Gasteiger partial charge in [-0.3, -0.25) is 19.2 Å². The summed E-state index contributed by atoms with van der Waals surface area (Å²) >= 11 is 6.46. The second kappa shape index (κ2) is 8.11. The second-order valence-electron chi connectivity index (χ2n) is 8.94. The molecule has 1 aliphatic carbocycles. The minimum absolute atomic E-state index is 0.181. The van der Waals surface area contributed by atoms with Crippen molar-refractivity contribution in [1.82, 2.24) is 0 Å². The van der Waals surface area contributed by atoms with E-state index in [2.05, 4.69) is 0 Å². The molecule has 2 amide bonds. The van der Waals surface area contributed by atoms with E-state index in [-0.39, 0.29) is 11.1 Å². The van der Waals surface area contributed by atoms with Gasteiger partial charge in [0.25, 0.3) is 0 Å². The van der Waals surface area contributed by atoms with Crippen molar-refractivity contribution in [2.75, 3.05) is 11.5 Å². The van der Waals surface area contributed by atoms with Crippen molar-refractivity contribution < 1.29 is 28.7 Å².